The lowest BCUT2D eigenvalue weighted by molar-refractivity contribution is -0.120. The minimum absolute atomic E-state index is 0.0846. The van der Waals surface area contributed by atoms with E-state index in [1.807, 2.05) is 6.07 Å². The molecule has 0 radical (unpaired) electrons. The number of rotatable bonds is 9. The number of nitrogens with zero attached hydrogens (tertiary/aromatic N) is 1. The Morgan fingerprint density at radius 3 is 2.63 bits per heavy atom. The van der Waals surface area contributed by atoms with Crippen molar-refractivity contribution in [1.29, 1.82) is 0 Å². The van der Waals surface area contributed by atoms with Gasteiger partial charge in [0.15, 0.2) is 0 Å². The van der Waals surface area contributed by atoms with Gasteiger partial charge in [-0.25, -0.2) is 12.7 Å². The van der Waals surface area contributed by atoms with E-state index in [1.54, 1.807) is 20.2 Å². The maximum absolute atomic E-state index is 12.3. The molecule has 0 bridgehead atoms. The molecular formula is C20H30N2O4S. The van der Waals surface area contributed by atoms with E-state index in [0.717, 1.165) is 16.5 Å². The molecule has 0 atom stereocenters. The van der Waals surface area contributed by atoms with Gasteiger partial charge in [0.1, 0.15) is 5.58 Å². The highest BCUT2D eigenvalue weighted by molar-refractivity contribution is 7.89. The number of sulfonamides is 1. The van der Waals surface area contributed by atoms with Crippen molar-refractivity contribution in [3.63, 3.8) is 0 Å². The fraction of sp³-hybridized carbons (Fsp3) is 0.550. The second-order valence-electron chi connectivity index (χ2n) is 7.22. The molecule has 0 saturated heterocycles. The topological polar surface area (TPSA) is 79.6 Å². The third-order valence-corrected chi connectivity index (χ3v) is 6.69. The van der Waals surface area contributed by atoms with Gasteiger partial charge in [-0.3, -0.25) is 4.79 Å². The zero-order chi connectivity index (χ0) is 20.2. The van der Waals surface area contributed by atoms with Gasteiger partial charge < -0.3 is 9.73 Å². The molecule has 0 aliphatic heterocycles. The van der Waals surface area contributed by atoms with Crippen LogP contribution < -0.4 is 5.32 Å². The molecule has 1 amide bonds. The third kappa shape index (κ3) is 5.32. The zero-order valence-corrected chi connectivity index (χ0v) is 17.6. The van der Waals surface area contributed by atoms with Crippen molar-refractivity contribution < 1.29 is 17.6 Å². The van der Waals surface area contributed by atoms with E-state index in [0.29, 0.717) is 25.4 Å². The lowest BCUT2D eigenvalue weighted by Crippen LogP contribution is -2.32. The van der Waals surface area contributed by atoms with Crippen LogP contribution in [0.1, 0.15) is 49.8 Å². The van der Waals surface area contributed by atoms with E-state index in [1.165, 1.54) is 15.4 Å². The molecular weight excluding hydrogens is 364 g/mol. The van der Waals surface area contributed by atoms with E-state index >= 15 is 0 Å². The van der Waals surface area contributed by atoms with E-state index in [2.05, 4.69) is 32.2 Å². The molecule has 150 valence electrons. The smallest absolute Gasteiger partial charge is 0.224 e. The number of nitrogens with one attached hydrogen (secondary N) is 1. The van der Waals surface area contributed by atoms with Crippen molar-refractivity contribution in [3.8, 4) is 0 Å². The first-order valence-electron chi connectivity index (χ1n) is 9.37. The van der Waals surface area contributed by atoms with Crippen LogP contribution in [0.3, 0.4) is 0 Å². The summed E-state index contributed by atoms with van der Waals surface area (Å²) in [6, 6.07) is 4.14. The Hall–Kier alpha value is -1.86. The molecule has 0 saturated carbocycles. The standard InChI is InChI=1S/C20H30N2O4S/c1-6-27(24,25)22(5)9-7-8-21-20(23)11-16-13-26-19-10-15(4)17(14(2)3)12-18(16)19/h10,12-14H,6-9,11H2,1-5H3,(H,21,23). The Morgan fingerprint density at radius 2 is 2.00 bits per heavy atom. The van der Waals surface area contributed by atoms with Gasteiger partial charge in [0.25, 0.3) is 0 Å². The molecule has 0 unspecified atom stereocenters. The Kier molecular flexibility index (Phi) is 7.06. The minimum Gasteiger partial charge on any atom is -0.464 e. The monoisotopic (exact) mass is 394 g/mol. The summed E-state index contributed by atoms with van der Waals surface area (Å²) in [5.41, 5.74) is 4.11. The largest absolute Gasteiger partial charge is 0.464 e. The maximum Gasteiger partial charge on any atom is 0.224 e. The van der Waals surface area contributed by atoms with Crippen LogP contribution in [0.15, 0.2) is 22.8 Å². The molecule has 27 heavy (non-hydrogen) atoms. The average molecular weight is 395 g/mol. The first-order chi connectivity index (χ1) is 12.7. The Labute approximate surface area is 162 Å². The molecule has 0 fully saturated rings. The van der Waals surface area contributed by atoms with Crippen LogP contribution in [-0.4, -0.2) is 44.5 Å². The van der Waals surface area contributed by atoms with Gasteiger partial charge in [-0.2, -0.15) is 0 Å². The normalized spacial score (nSPS) is 12.3. The quantitative estimate of drug-likeness (QED) is 0.663. The maximum atomic E-state index is 12.3. The van der Waals surface area contributed by atoms with Crippen LogP contribution in [0.25, 0.3) is 11.0 Å². The number of furan rings is 1. The van der Waals surface area contributed by atoms with Crippen molar-refractivity contribution in [2.75, 3.05) is 25.9 Å². The first-order valence-corrected chi connectivity index (χ1v) is 11.0. The van der Waals surface area contributed by atoms with E-state index in [4.69, 9.17) is 4.42 Å². The number of amides is 1. The lowest BCUT2D eigenvalue weighted by atomic mass is 9.95. The Morgan fingerprint density at radius 1 is 1.30 bits per heavy atom. The fourth-order valence-corrected chi connectivity index (χ4v) is 3.98. The minimum atomic E-state index is -3.17. The van der Waals surface area contributed by atoms with Crippen LogP contribution >= 0.6 is 0 Å². The Bertz CT molecular complexity index is 900. The molecule has 0 aliphatic carbocycles. The summed E-state index contributed by atoms with van der Waals surface area (Å²) >= 11 is 0. The first kappa shape index (κ1) is 21.4. The highest BCUT2D eigenvalue weighted by atomic mass is 32.2. The second-order valence-corrected chi connectivity index (χ2v) is 9.59. The second kappa shape index (κ2) is 8.89. The summed E-state index contributed by atoms with van der Waals surface area (Å²) in [7, 11) is -1.61. The summed E-state index contributed by atoms with van der Waals surface area (Å²) in [4.78, 5) is 12.3. The van der Waals surface area contributed by atoms with E-state index in [9.17, 15) is 13.2 Å². The number of fused-ring (bicyclic) bond motifs is 1. The SMILES string of the molecule is CCS(=O)(=O)N(C)CCCNC(=O)Cc1coc2cc(C)c(C(C)C)cc12. The summed E-state index contributed by atoms with van der Waals surface area (Å²) < 4.78 is 30.3. The summed E-state index contributed by atoms with van der Waals surface area (Å²) in [6.07, 6.45) is 2.47. The highest BCUT2D eigenvalue weighted by Crippen LogP contribution is 2.29. The third-order valence-electron chi connectivity index (χ3n) is 4.83. The van der Waals surface area contributed by atoms with Gasteiger partial charge in [-0.1, -0.05) is 13.8 Å². The van der Waals surface area contributed by atoms with Crippen molar-refractivity contribution in [2.24, 2.45) is 0 Å². The Balaban J connectivity index is 1.93. The van der Waals surface area contributed by atoms with Crippen LogP contribution in [0, 0.1) is 6.92 Å². The average Bonchev–Trinajstić information content (AvgIpc) is 2.99. The molecule has 1 heterocycles. The van der Waals surface area contributed by atoms with Crippen LogP contribution in [-0.2, 0) is 21.2 Å². The van der Waals surface area contributed by atoms with Crippen LogP contribution in [0.5, 0.6) is 0 Å². The molecule has 1 aromatic heterocycles. The number of carbonyl (C=O) groups excluding carboxylic acids is 1. The van der Waals surface area contributed by atoms with Crippen molar-refractivity contribution >= 4 is 26.9 Å². The number of benzene rings is 1. The van der Waals surface area contributed by atoms with Crippen molar-refractivity contribution in [3.05, 3.63) is 35.1 Å². The number of aryl methyl sites for hydroxylation is 1. The molecule has 6 nitrogen and oxygen atoms in total. The van der Waals surface area contributed by atoms with Gasteiger partial charge in [0.2, 0.25) is 15.9 Å². The number of hydrogen-bond acceptors (Lipinski definition) is 4. The molecule has 0 aliphatic rings. The van der Waals surface area contributed by atoms with Gasteiger partial charge in [-0.15, -0.1) is 0 Å². The summed E-state index contributed by atoms with van der Waals surface area (Å²) in [5.74, 6) is 0.397. The highest BCUT2D eigenvalue weighted by Gasteiger charge is 2.15. The molecule has 1 N–H and O–H groups in total. The van der Waals surface area contributed by atoms with E-state index < -0.39 is 10.0 Å². The predicted molar refractivity (Wildman–Crippen MR) is 108 cm³/mol. The number of hydrogen-bond donors (Lipinski definition) is 1. The van der Waals surface area contributed by atoms with Gasteiger partial charge >= 0.3 is 0 Å². The fourth-order valence-electron chi connectivity index (χ4n) is 3.13. The molecule has 0 spiro atoms. The summed E-state index contributed by atoms with van der Waals surface area (Å²) in [6.45, 7) is 8.82. The lowest BCUT2D eigenvalue weighted by Gasteiger charge is -2.15. The van der Waals surface area contributed by atoms with Crippen molar-refractivity contribution in [2.45, 2.75) is 46.5 Å². The summed E-state index contributed by atoms with van der Waals surface area (Å²) in [5, 5.41) is 3.84. The molecule has 2 rings (SSSR count). The van der Waals surface area contributed by atoms with E-state index in [-0.39, 0.29) is 18.1 Å². The van der Waals surface area contributed by atoms with Crippen LogP contribution in [0.4, 0.5) is 0 Å². The van der Waals surface area contributed by atoms with Gasteiger partial charge in [-0.05, 0) is 49.4 Å². The van der Waals surface area contributed by atoms with Crippen LogP contribution in [0.2, 0.25) is 0 Å². The van der Waals surface area contributed by atoms with Gasteiger partial charge in [0.05, 0.1) is 18.4 Å². The van der Waals surface area contributed by atoms with Crippen molar-refractivity contribution in [1.82, 2.24) is 9.62 Å². The molecule has 2 aromatic rings. The zero-order valence-electron chi connectivity index (χ0n) is 16.8. The molecule has 7 heteroatoms. The van der Waals surface area contributed by atoms with Gasteiger partial charge in [0, 0.05) is 31.1 Å². The number of carbonyl (C=O) groups is 1. The molecule has 1 aromatic carbocycles. The predicted octanol–water partition coefficient (Wildman–Crippen LogP) is 3.19.